The SMILES string of the molecule is Cc1nn(C)cc1C(=O)NCC(N1CCNCC1)C(F)(F)F.Cl. The van der Waals surface area contributed by atoms with E-state index in [0.29, 0.717) is 37.4 Å². The first-order valence-electron chi connectivity index (χ1n) is 7.09. The van der Waals surface area contributed by atoms with E-state index in [1.165, 1.54) is 15.8 Å². The Hall–Kier alpha value is -1.32. The standard InChI is InChI=1S/C13H20F3N5O.ClH/c1-9-10(8-20(2)19-9)12(22)18-7-11(13(14,15)16)21-5-3-17-4-6-21;/h8,11,17H,3-7H2,1-2H3,(H,18,22);1H. The van der Waals surface area contributed by atoms with E-state index in [-0.39, 0.29) is 12.4 Å². The maximum Gasteiger partial charge on any atom is 0.405 e. The number of hydrogen-bond donors (Lipinski definition) is 2. The van der Waals surface area contributed by atoms with Crippen LogP contribution in [0.4, 0.5) is 13.2 Å². The van der Waals surface area contributed by atoms with E-state index in [1.54, 1.807) is 14.0 Å². The maximum atomic E-state index is 13.2. The maximum absolute atomic E-state index is 13.2. The second-order valence-corrected chi connectivity index (χ2v) is 5.36. The minimum absolute atomic E-state index is 0. The summed E-state index contributed by atoms with van der Waals surface area (Å²) in [6, 6.07) is -1.67. The molecule has 10 heteroatoms. The molecule has 2 heterocycles. The van der Waals surface area contributed by atoms with Gasteiger partial charge in [-0.2, -0.15) is 18.3 Å². The molecule has 1 saturated heterocycles. The number of aromatic nitrogens is 2. The molecule has 1 aromatic heterocycles. The number of nitrogens with one attached hydrogen (secondary N) is 2. The van der Waals surface area contributed by atoms with Gasteiger partial charge in [-0.15, -0.1) is 12.4 Å². The van der Waals surface area contributed by atoms with Crippen molar-refractivity contribution in [3.63, 3.8) is 0 Å². The Morgan fingerprint density at radius 2 is 2.04 bits per heavy atom. The van der Waals surface area contributed by atoms with Crippen molar-refractivity contribution in [3.8, 4) is 0 Å². The van der Waals surface area contributed by atoms with Crippen molar-refractivity contribution in [1.29, 1.82) is 0 Å². The third kappa shape index (κ3) is 5.08. The van der Waals surface area contributed by atoms with Gasteiger partial charge in [-0.05, 0) is 6.92 Å². The van der Waals surface area contributed by atoms with E-state index < -0.39 is 24.7 Å². The van der Waals surface area contributed by atoms with Gasteiger partial charge in [0.2, 0.25) is 0 Å². The summed E-state index contributed by atoms with van der Waals surface area (Å²) in [6.45, 7) is 2.84. The van der Waals surface area contributed by atoms with Gasteiger partial charge in [0, 0.05) is 46.0 Å². The third-order valence-corrected chi connectivity index (χ3v) is 3.68. The molecule has 1 amide bonds. The van der Waals surface area contributed by atoms with Gasteiger partial charge >= 0.3 is 6.18 Å². The van der Waals surface area contributed by atoms with E-state index in [2.05, 4.69) is 15.7 Å². The predicted molar refractivity (Wildman–Crippen MR) is 81.8 cm³/mol. The Labute approximate surface area is 138 Å². The van der Waals surface area contributed by atoms with Gasteiger partial charge in [0.1, 0.15) is 6.04 Å². The zero-order valence-corrected chi connectivity index (χ0v) is 13.8. The second kappa shape index (κ2) is 7.98. The molecule has 132 valence electrons. The molecule has 2 rings (SSSR count). The van der Waals surface area contributed by atoms with Crippen molar-refractivity contribution in [2.24, 2.45) is 7.05 Å². The lowest BCUT2D eigenvalue weighted by Crippen LogP contribution is -2.57. The molecule has 2 N–H and O–H groups in total. The lowest BCUT2D eigenvalue weighted by molar-refractivity contribution is -0.183. The predicted octanol–water partition coefficient (Wildman–Crippen LogP) is 0.716. The topological polar surface area (TPSA) is 62.2 Å². The largest absolute Gasteiger partial charge is 0.405 e. The molecular weight excluding hydrogens is 335 g/mol. The van der Waals surface area contributed by atoms with Gasteiger partial charge in [0.15, 0.2) is 0 Å². The lowest BCUT2D eigenvalue weighted by Gasteiger charge is -2.35. The first-order chi connectivity index (χ1) is 10.3. The van der Waals surface area contributed by atoms with Crippen LogP contribution in [-0.2, 0) is 7.05 Å². The number of rotatable bonds is 4. The van der Waals surface area contributed by atoms with Gasteiger partial charge in [-0.25, -0.2) is 0 Å². The minimum atomic E-state index is -4.38. The molecule has 0 aromatic carbocycles. The highest BCUT2D eigenvalue weighted by molar-refractivity contribution is 5.95. The van der Waals surface area contributed by atoms with Crippen molar-refractivity contribution < 1.29 is 18.0 Å². The average Bonchev–Trinajstić information content (AvgIpc) is 2.77. The summed E-state index contributed by atoms with van der Waals surface area (Å²) in [7, 11) is 1.66. The van der Waals surface area contributed by atoms with Gasteiger partial charge in [0.05, 0.1) is 11.3 Å². The molecule has 1 aliphatic heterocycles. The Morgan fingerprint density at radius 3 is 2.52 bits per heavy atom. The van der Waals surface area contributed by atoms with Crippen LogP contribution in [-0.4, -0.2) is 65.5 Å². The Kier molecular flexibility index (Phi) is 6.84. The fourth-order valence-corrected chi connectivity index (χ4v) is 2.55. The smallest absolute Gasteiger partial charge is 0.350 e. The Bertz CT molecular complexity index is 528. The van der Waals surface area contributed by atoms with E-state index in [4.69, 9.17) is 0 Å². The van der Waals surface area contributed by atoms with Crippen molar-refractivity contribution in [2.45, 2.75) is 19.1 Å². The van der Waals surface area contributed by atoms with E-state index >= 15 is 0 Å². The number of halogens is 4. The second-order valence-electron chi connectivity index (χ2n) is 5.36. The van der Waals surface area contributed by atoms with E-state index in [0.717, 1.165) is 0 Å². The Balaban J connectivity index is 0.00000264. The summed E-state index contributed by atoms with van der Waals surface area (Å²) in [5.74, 6) is -0.532. The number of nitrogens with zero attached hydrogens (tertiary/aromatic N) is 3. The number of amides is 1. The highest BCUT2D eigenvalue weighted by Crippen LogP contribution is 2.24. The zero-order valence-electron chi connectivity index (χ0n) is 13.0. The molecule has 0 aliphatic carbocycles. The molecule has 0 bridgehead atoms. The van der Waals surface area contributed by atoms with Gasteiger partial charge < -0.3 is 10.6 Å². The molecule has 0 radical (unpaired) electrons. The fourth-order valence-electron chi connectivity index (χ4n) is 2.55. The molecule has 1 unspecified atom stereocenters. The number of alkyl halides is 3. The fraction of sp³-hybridized carbons (Fsp3) is 0.692. The van der Waals surface area contributed by atoms with Crippen LogP contribution < -0.4 is 10.6 Å². The van der Waals surface area contributed by atoms with Gasteiger partial charge in [-0.1, -0.05) is 0 Å². The highest BCUT2D eigenvalue weighted by atomic mass is 35.5. The average molecular weight is 356 g/mol. The van der Waals surface area contributed by atoms with Crippen LogP contribution in [0.3, 0.4) is 0 Å². The van der Waals surface area contributed by atoms with Gasteiger partial charge in [0.25, 0.3) is 5.91 Å². The van der Waals surface area contributed by atoms with Crippen LogP contribution in [0.5, 0.6) is 0 Å². The first-order valence-corrected chi connectivity index (χ1v) is 7.09. The monoisotopic (exact) mass is 355 g/mol. The number of aryl methyl sites for hydroxylation is 2. The van der Waals surface area contributed by atoms with Crippen LogP contribution in [0.2, 0.25) is 0 Å². The highest BCUT2D eigenvalue weighted by Gasteiger charge is 2.43. The zero-order chi connectivity index (χ0) is 16.3. The summed E-state index contributed by atoms with van der Waals surface area (Å²) in [5.41, 5.74) is 0.787. The molecule has 1 atom stereocenters. The van der Waals surface area contributed by atoms with Crippen molar-refractivity contribution in [1.82, 2.24) is 25.3 Å². The quantitative estimate of drug-likeness (QED) is 0.835. The summed E-state index contributed by atoms with van der Waals surface area (Å²) >= 11 is 0. The number of hydrogen-bond acceptors (Lipinski definition) is 4. The minimum Gasteiger partial charge on any atom is -0.350 e. The molecule has 1 aliphatic rings. The first kappa shape index (κ1) is 19.7. The third-order valence-electron chi connectivity index (χ3n) is 3.68. The summed E-state index contributed by atoms with van der Waals surface area (Å²) in [4.78, 5) is 13.4. The summed E-state index contributed by atoms with van der Waals surface area (Å²) in [6.07, 6.45) is -2.88. The number of carbonyl (C=O) groups is 1. The van der Waals surface area contributed by atoms with Crippen LogP contribution >= 0.6 is 12.4 Å². The van der Waals surface area contributed by atoms with Crippen LogP contribution in [0.15, 0.2) is 6.20 Å². The normalized spacial score (nSPS) is 17.4. The lowest BCUT2D eigenvalue weighted by atomic mass is 10.2. The Morgan fingerprint density at radius 1 is 1.43 bits per heavy atom. The molecule has 0 spiro atoms. The van der Waals surface area contributed by atoms with Crippen LogP contribution in [0, 0.1) is 6.92 Å². The molecular formula is C13H21ClF3N5O. The molecule has 6 nitrogen and oxygen atoms in total. The van der Waals surface area contributed by atoms with Crippen molar-refractivity contribution in [2.75, 3.05) is 32.7 Å². The molecule has 1 aromatic rings. The van der Waals surface area contributed by atoms with Crippen LogP contribution in [0.25, 0.3) is 0 Å². The number of piperazine rings is 1. The van der Waals surface area contributed by atoms with Crippen molar-refractivity contribution in [3.05, 3.63) is 17.5 Å². The number of carbonyl (C=O) groups excluding carboxylic acids is 1. The van der Waals surface area contributed by atoms with Crippen LogP contribution in [0.1, 0.15) is 16.1 Å². The van der Waals surface area contributed by atoms with E-state index in [1.807, 2.05) is 0 Å². The molecule has 23 heavy (non-hydrogen) atoms. The summed E-state index contributed by atoms with van der Waals surface area (Å²) in [5, 5.41) is 9.41. The van der Waals surface area contributed by atoms with E-state index in [9.17, 15) is 18.0 Å². The summed E-state index contributed by atoms with van der Waals surface area (Å²) < 4.78 is 41.1. The molecule has 1 fully saturated rings. The van der Waals surface area contributed by atoms with Crippen molar-refractivity contribution >= 4 is 18.3 Å². The van der Waals surface area contributed by atoms with Gasteiger partial charge in [-0.3, -0.25) is 14.4 Å². The molecule has 0 saturated carbocycles.